The fourth-order valence-corrected chi connectivity index (χ4v) is 8.78. The van der Waals surface area contributed by atoms with Crippen LogP contribution in [0.25, 0.3) is 0 Å². The number of nitrogens with one attached hydrogen (secondary N) is 1. The van der Waals surface area contributed by atoms with Crippen molar-refractivity contribution in [3.05, 3.63) is 65.5 Å². The van der Waals surface area contributed by atoms with Crippen LogP contribution < -0.4 is 9.62 Å². The number of amides is 2. The van der Waals surface area contributed by atoms with Crippen LogP contribution in [0.5, 0.6) is 0 Å². The number of carbonyl (C=O) groups is 2. The molecule has 0 radical (unpaired) electrons. The number of rotatable bonds is 9. The van der Waals surface area contributed by atoms with Crippen LogP contribution in [0.2, 0.25) is 0 Å². The third kappa shape index (κ3) is 6.51. The Bertz CT molecular complexity index is 1400. The topological polar surface area (TPSA) is 86.8 Å². The summed E-state index contributed by atoms with van der Waals surface area (Å²) in [5.74, 6) is 0.874. The minimum Gasteiger partial charge on any atom is -0.350 e. The normalized spacial score (nSPS) is 25.6. The van der Waals surface area contributed by atoms with Crippen molar-refractivity contribution >= 4 is 27.5 Å². The molecule has 0 saturated heterocycles. The summed E-state index contributed by atoms with van der Waals surface area (Å²) in [6.45, 7) is 6.39. The Morgan fingerprint density at radius 1 is 0.976 bits per heavy atom. The Morgan fingerprint density at radius 2 is 1.52 bits per heavy atom. The van der Waals surface area contributed by atoms with Crippen molar-refractivity contribution in [3.8, 4) is 0 Å². The molecule has 4 fully saturated rings. The standard InChI is InChI=1S/C33H44FN3O4S/c1-22(31(39)35-32(2,3)4)36(20-26-8-6-7-9-29(26)34)30(38)21-37(42(5,40)41)28-12-10-27(11-13-28)33-17-23-14-24(18-33)16-25(15-23)19-33/h6-13,22-25H,14-21H2,1-5H3,(H,35,39)/t22-,23?,24?,25?,33?/m0/s1. The number of nitrogens with zero attached hydrogens (tertiary/aromatic N) is 2. The first kappa shape index (κ1) is 30.5. The van der Waals surface area contributed by atoms with Crippen LogP contribution in [0.3, 0.4) is 0 Å². The van der Waals surface area contributed by atoms with Gasteiger partial charge in [-0.15, -0.1) is 0 Å². The van der Waals surface area contributed by atoms with Crippen LogP contribution in [0.4, 0.5) is 10.1 Å². The maximum Gasteiger partial charge on any atom is 0.244 e. The lowest BCUT2D eigenvalue weighted by Gasteiger charge is -2.57. The van der Waals surface area contributed by atoms with Gasteiger partial charge in [-0.25, -0.2) is 12.8 Å². The van der Waals surface area contributed by atoms with E-state index in [-0.39, 0.29) is 17.5 Å². The highest BCUT2D eigenvalue weighted by atomic mass is 32.2. The number of hydrogen-bond donors (Lipinski definition) is 1. The van der Waals surface area contributed by atoms with E-state index in [9.17, 15) is 22.4 Å². The molecule has 0 unspecified atom stereocenters. The van der Waals surface area contributed by atoms with E-state index in [1.807, 2.05) is 32.9 Å². The van der Waals surface area contributed by atoms with Gasteiger partial charge in [-0.05, 0) is 113 Å². The van der Waals surface area contributed by atoms with Gasteiger partial charge in [-0.2, -0.15) is 0 Å². The molecule has 4 saturated carbocycles. The minimum atomic E-state index is -3.85. The summed E-state index contributed by atoms with van der Waals surface area (Å²) >= 11 is 0. The summed E-state index contributed by atoms with van der Waals surface area (Å²) in [5, 5.41) is 2.87. The predicted molar refractivity (Wildman–Crippen MR) is 163 cm³/mol. The molecule has 2 aromatic rings. The van der Waals surface area contributed by atoms with E-state index >= 15 is 0 Å². The van der Waals surface area contributed by atoms with Crippen molar-refractivity contribution in [1.82, 2.24) is 10.2 Å². The van der Waals surface area contributed by atoms with Gasteiger partial charge in [0.05, 0.1) is 11.9 Å². The van der Waals surface area contributed by atoms with Gasteiger partial charge in [-0.1, -0.05) is 30.3 Å². The number of benzene rings is 2. The Labute approximate surface area is 249 Å². The van der Waals surface area contributed by atoms with Crippen molar-refractivity contribution in [3.63, 3.8) is 0 Å². The van der Waals surface area contributed by atoms with Gasteiger partial charge in [0.25, 0.3) is 0 Å². The molecule has 6 rings (SSSR count). The molecule has 4 aliphatic rings. The van der Waals surface area contributed by atoms with Crippen LogP contribution >= 0.6 is 0 Å². The van der Waals surface area contributed by atoms with Crippen molar-refractivity contribution < 1.29 is 22.4 Å². The number of sulfonamides is 1. The molecule has 2 amide bonds. The number of halogens is 1. The van der Waals surface area contributed by atoms with Gasteiger partial charge < -0.3 is 10.2 Å². The zero-order valence-corrected chi connectivity index (χ0v) is 26.2. The fourth-order valence-electron chi connectivity index (χ4n) is 7.93. The maximum absolute atomic E-state index is 14.6. The molecule has 9 heteroatoms. The summed E-state index contributed by atoms with van der Waals surface area (Å²) in [6, 6.07) is 12.8. The molecule has 2 aromatic carbocycles. The zero-order chi connectivity index (χ0) is 30.4. The lowest BCUT2D eigenvalue weighted by Crippen LogP contribution is -2.54. The fraction of sp³-hybridized carbons (Fsp3) is 0.576. The van der Waals surface area contributed by atoms with Crippen molar-refractivity contribution in [2.75, 3.05) is 17.1 Å². The lowest BCUT2D eigenvalue weighted by atomic mass is 9.48. The van der Waals surface area contributed by atoms with Crippen molar-refractivity contribution in [1.29, 1.82) is 0 Å². The molecular formula is C33H44FN3O4S. The molecule has 4 bridgehead atoms. The molecule has 228 valence electrons. The molecule has 1 N–H and O–H groups in total. The molecule has 1 atom stereocenters. The zero-order valence-electron chi connectivity index (χ0n) is 25.4. The molecule has 42 heavy (non-hydrogen) atoms. The molecule has 0 aromatic heterocycles. The van der Waals surface area contributed by atoms with E-state index in [1.165, 1.54) is 55.1 Å². The van der Waals surface area contributed by atoms with Crippen LogP contribution in [0.15, 0.2) is 48.5 Å². The van der Waals surface area contributed by atoms with Gasteiger partial charge in [0.2, 0.25) is 21.8 Å². The van der Waals surface area contributed by atoms with Crippen LogP contribution in [-0.4, -0.2) is 49.5 Å². The van der Waals surface area contributed by atoms with Crippen molar-refractivity contribution in [2.24, 2.45) is 17.8 Å². The molecule has 0 spiro atoms. The largest absolute Gasteiger partial charge is 0.350 e. The third-order valence-electron chi connectivity index (χ3n) is 9.45. The second-order valence-corrected chi connectivity index (χ2v) is 15.9. The number of anilines is 1. The van der Waals surface area contributed by atoms with Gasteiger partial charge >= 0.3 is 0 Å². The highest BCUT2D eigenvalue weighted by molar-refractivity contribution is 7.92. The molecular weight excluding hydrogens is 553 g/mol. The molecule has 7 nitrogen and oxygen atoms in total. The lowest BCUT2D eigenvalue weighted by molar-refractivity contribution is -0.140. The average Bonchev–Trinajstić information content (AvgIpc) is 2.88. The second-order valence-electron chi connectivity index (χ2n) is 14.0. The quantitative estimate of drug-likeness (QED) is 0.420. The highest BCUT2D eigenvalue weighted by Gasteiger charge is 2.51. The smallest absolute Gasteiger partial charge is 0.244 e. The Kier molecular flexibility index (Phi) is 8.20. The first-order valence-electron chi connectivity index (χ1n) is 15.1. The van der Waals surface area contributed by atoms with E-state index in [0.29, 0.717) is 5.69 Å². The number of carbonyl (C=O) groups excluding carboxylic acids is 2. The van der Waals surface area contributed by atoms with E-state index in [0.717, 1.165) is 28.3 Å². The predicted octanol–water partition coefficient (Wildman–Crippen LogP) is 5.39. The van der Waals surface area contributed by atoms with E-state index in [1.54, 1.807) is 37.3 Å². The summed E-state index contributed by atoms with van der Waals surface area (Å²) < 4.78 is 41.7. The number of hydrogen-bond acceptors (Lipinski definition) is 4. The second kappa shape index (κ2) is 11.3. The van der Waals surface area contributed by atoms with Gasteiger partial charge in [0, 0.05) is 17.6 Å². The van der Waals surface area contributed by atoms with Crippen molar-refractivity contribution in [2.45, 2.75) is 89.8 Å². The van der Waals surface area contributed by atoms with Crippen LogP contribution in [0, 0.1) is 23.6 Å². The Hall–Kier alpha value is -2.94. The highest BCUT2D eigenvalue weighted by Crippen LogP contribution is 2.60. The van der Waals surface area contributed by atoms with Gasteiger partial charge in [0.1, 0.15) is 18.4 Å². The summed E-state index contributed by atoms with van der Waals surface area (Å²) in [5.41, 5.74) is 1.53. The SMILES string of the molecule is C[C@@H](C(=O)NC(C)(C)C)N(Cc1ccccc1F)C(=O)CN(c1ccc(C23CC4CC(CC(C4)C2)C3)cc1)S(C)(=O)=O. The van der Waals surface area contributed by atoms with E-state index < -0.39 is 45.8 Å². The van der Waals surface area contributed by atoms with E-state index in [4.69, 9.17) is 0 Å². The van der Waals surface area contributed by atoms with Crippen LogP contribution in [-0.2, 0) is 31.6 Å². The molecule has 4 aliphatic carbocycles. The first-order chi connectivity index (χ1) is 19.6. The monoisotopic (exact) mass is 597 g/mol. The molecule has 0 aliphatic heterocycles. The average molecular weight is 598 g/mol. The molecule has 0 heterocycles. The van der Waals surface area contributed by atoms with Gasteiger partial charge in [-0.3, -0.25) is 13.9 Å². The van der Waals surface area contributed by atoms with Gasteiger partial charge in [0.15, 0.2) is 0 Å². The van der Waals surface area contributed by atoms with E-state index in [2.05, 4.69) is 5.32 Å². The summed E-state index contributed by atoms with van der Waals surface area (Å²) in [4.78, 5) is 28.2. The van der Waals surface area contributed by atoms with Crippen LogP contribution in [0.1, 0.15) is 77.3 Å². The third-order valence-corrected chi connectivity index (χ3v) is 10.6. The summed E-state index contributed by atoms with van der Waals surface area (Å²) in [6.07, 6.45) is 8.71. The summed E-state index contributed by atoms with van der Waals surface area (Å²) in [7, 11) is -3.85. The Morgan fingerprint density at radius 3 is 2.02 bits per heavy atom. The maximum atomic E-state index is 14.6. The minimum absolute atomic E-state index is 0.172. The first-order valence-corrected chi connectivity index (χ1v) is 16.9. The Balaban J connectivity index is 1.40.